The van der Waals surface area contributed by atoms with Gasteiger partial charge < -0.3 is 15.2 Å². The van der Waals surface area contributed by atoms with Crippen molar-refractivity contribution >= 4 is 15.9 Å². The number of hydrogen-bond donors (Lipinski definition) is 1. The van der Waals surface area contributed by atoms with E-state index < -0.39 is 6.04 Å². The number of nitrogens with two attached hydrogens (primary N) is 1. The maximum atomic E-state index is 14.0. The molecule has 0 fully saturated rings. The number of hydrogen-bond acceptors (Lipinski definition) is 3. The van der Waals surface area contributed by atoms with E-state index >= 15 is 0 Å². The zero-order valence-corrected chi connectivity index (χ0v) is 12.8. The van der Waals surface area contributed by atoms with Gasteiger partial charge in [-0.1, -0.05) is 22.0 Å². The molecule has 0 radical (unpaired) electrons. The summed E-state index contributed by atoms with van der Waals surface area (Å²) in [4.78, 5) is 0. The van der Waals surface area contributed by atoms with Gasteiger partial charge >= 0.3 is 0 Å². The third-order valence-electron chi connectivity index (χ3n) is 3.07. The summed E-state index contributed by atoms with van der Waals surface area (Å²) in [5.41, 5.74) is 7.28. The quantitative estimate of drug-likeness (QED) is 0.924. The highest BCUT2D eigenvalue weighted by Gasteiger charge is 2.18. The summed E-state index contributed by atoms with van der Waals surface area (Å²) >= 11 is 3.23. The number of ether oxygens (including phenoxy) is 2. The fourth-order valence-corrected chi connectivity index (χ4v) is 2.33. The van der Waals surface area contributed by atoms with Gasteiger partial charge in [0.1, 0.15) is 17.3 Å². The molecule has 2 aromatic rings. The molecular weight excluding hydrogens is 325 g/mol. The van der Waals surface area contributed by atoms with E-state index in [-0.39, 0.29) is 5.82 Å². The highest BCUT2D eigenvalue weighted by molar-refractivity contribution is 9.10. The van der Waals surface area contributed by atoms with Crippen molar-refractivity contribution in [3.05, 3.63) is 57.8 Å². The summed E-state index contributed by atoms with van der Waals surface area (Å²) in [5, 5.41) is 0. The minimum Gasteiger partial charge on any atom is -0.497 e. The molecule has 0 spiro atoms. The van der Waals surface area contributed by atoms with Crippen LogP contribution in [-0.4, -0.2) is 14.2 Å². The van der Waals surface area contributed by atoms with Crippen molar-refractivity contribution in [3.8, 4) is 11.5 Å². The fourth-order valence-electron chi connectivity index (χ4n) is 2.00. The molecular formula is C15H15BrFNO2. The van der Waals surface area contributed by atoms with E-state index in [1.165, 1.54) is 6.07 Å². The number of methoxy groups -OCH3 is 2. The minimum absolute atomic E-state index is 0.357. The number of benzene rings is 2. The Bertz CT molecular complexity index is 619. The second kappa shape index (κ2) is 6.24. The molecule has 2 aromatic carbocycles. The van der Waals surface area contributed by atoms with Gasteiger partial charge in [-0.2, -0.15) is 0 Å². The van der Waals surface area contributed by atoms with Crippen LogP contribution in [0.1, 0.15) is 17.2 Å². The smallest absolute Gasteiger partial charge is 0.129 e. The first kappa shape index (κ1) is 14.8. The van der Waals surface area contributed by atoms with Gasteiger partial charge in [-0.25, -0.2) is 4.39 Å². The van der Waals surface area contributed by atoms with Crippen LogP contribution in [0.15, 0.2) is 40.9 Å². The van der Waals surface area contributed by atoms with Gasteiger partial charge in [0.05, 0.1) is 20.3 Å². The van der Waals surface area contributed by atoms with Gasteiger partial charge in [0.25, 0.3) is 0 Å². The topological polar surface area (TPSA) is 44.5 Å². The molecule has 106 valence electrons. The summed E-state index contributed by atoms with van der Waals surface area (Å²) in [6.07, 6.45) is 0. The summed E-state index contributed by atoms with van der Waals surface area (Å²) in [6, 6.07) is 9.49. The van der Waals surface area contributed by atoms with Crippen molar-refractivity contribution in [1.82, 2.24) is 0 Å². The Balaban J connectivity index is 2.44. The molecule has 2 N–H and O–H groups in total. The number of halogens is 2. The van der Waals surface area contributed by atoms with E-state index in [4.69, 9.17) is 15.2 Å². The average molecular weight is 340 g/mol. The molecule has 0 amide bonds. The third kappa shape index (κ3) is 2.94. The van der Waals surface area contributed by atoms with E-state index in [0.717, 1.165) is 0 Å². The van der Waals surface area contributed by atoms with Crippen LogP contribution >= 0.6 is 15.9 Å². The molecule has 0 bridgehead atoms. The SMILES string of the molecule is COc1ccc(C(N)c2ccc(Br)cc2F)c(OC)c1. The molecule has 0 heterocycles. The molecule has 5 heteroatoms. The van der Waals surface area contributed by atoms with Crippen LogP contribution in [0.2, 0.25) is 0 Å². The maximum absolute atomic E-state index is 14.0. The van der Waals surface area contributed by atoms with Crippen LogP contribution in [0.4, 0.5) is 4.39 Å². The van der Waals surface area contributed by atoms with Crippen molar-refractivity contribution in [3.63, 3.8) is 0 Å². The van der Waals surface area contributed by atoms with Crippen molar-refractivity contribution < 1.29 is 13.9 Å². The summed E-state index contributed by atoms with van der Waals surface area (Å²) < 4.78 is 25.1. The Hall–Kier alpha value is -1.59. The lowest BCUT2D eigenvalue weighted by Crippen LogP contribution is -2.14. The zero-order valence-electron chi connectivity index (χ0n) is 11.2. The summed E-state index contributed by atoms with van der Waals surface area (Å²) in [6.45, 7) is 0. The first-order valence-corrected chi connectivity index (χ1v) is 6.78. The molecule has 0 aliphatic rings. The third-order valence-corrected chi connectivity index (χ3v) is 3.57. The second-order valence-electron chi connectivity index (χ2n) is 4.25. The van der Waals surface area contributed by atoms with Crippen molar-refractivity contribution in [2.45, 2.75) is 6.04 Å². The summed E-state index contributed by atoms with van der Waals surface area (Å²) in [5.74, 6) is 0.873. The molecule has 0 aromatic heterocycles. The highest BCUT2D eigenvalue weighted by Crippen LogP contribution is 2.33. The molecule has 0 aliphatic heterocycles. The lowest BCUT2D eigenvalue weighted by molar-refractivity contribution is 0.389. The van der Waals surface area contributed by atoms with Crippen molar-refractivity contribution in [2.75, 3.05) is 14.2 Å². The van der Waals surface area contributed by atoms with Crippen LogP contribution in [0, 0.1) is 5.82 Å². The van der Waals surface area contributed by atoms with E-state index in [2.05, 4.69) is 15.9 Å². The monoisotopic (exact) mass is 339 g/mol. The standard InChI is InChI=1S/C15H15BrFNO2/c1-19-10-4-6-12(14(8-10)20-2)15(18)11-5-3-9(16)7-13(11)17/h3-8,15H,18H2,1-2H3. The first-order chi connectivity index (χ1) is 9.56. The lowest BCUT2D eigenvalue weighted by atomic mass is 9.98. The zero-order chi connectivity index (χ0) is 14.7. The molecule has 1 atom stereocenters. The van der Waals surface area contributed by atoms with Gasteiger partial charge in [-0.15, -0.1) is 0 Å². The Labute approximate surface area is 125 Å². The average Bonchev–Trinajstić information content (AvgIpc) is 2.46. The van der Waals surface area contributed by atoms with Crippen molar-refractivity contribution in [2.24, 2.45) is 5.73 Å². The van der Waals surface area contributed by atoms with Crippen LogP contribution in [0.3, 0.4) is 0 Å². The molecule has 2 rings (SSSR count). The highest BCUT2D eigenvalue weighted by atomic mass is 79.9. The Morgan fingerprint density at radius 2 is 1.75 bits per heavy atom. The molecule has 20 heavy (non-hydrogen) atoms. The Morgan fingerprint density at radius 1 is 1.05 bits per heavy atom. The largest absolute Gasteiger partial charge is 0.497 e. The van der Waals surface area contributed by atoms with E-state index in [1.807, 2.05) is 0 Å². The van der Waals surface area contributed by atoms with E-state index in [9.17, 15) is 4.39 Å². The van der Waals surface area contributed by atoms with Crippen LogP contribution in [-0.2, 0) is 0 Å². The first-order valence-electron chi connectivity index (χ1n) is 5.99. The summed E-state index contributed by atoms with van der Waals surface area (Å²) in [7, 11) is 3.12. The second-order valence-corrected chi connectivity index (χ2v) is 5.17. The molecule has 0 saturated heterocycles. The Morgan fingerprint density at radius 3 is 2.35 bits per heavy atom. The van der Waals surface area contributed by atoms with Gasteiger partial charge in [0, 0.05) is 21.7 Å². The van der Waals surface area contributed by atoms with Gasteiger partial charge in [0.2, 0.25) is 0 Å². The normalized spacial score (nSPS) is 12.1. The molecule has 0 aliphatic carbocycles. The number of rotatable bonds is 4. The molecule has 3 nitrogen and oxygen atoms in total. The molecule has 1 unspecified atom stereocenters. The van der Waals surface area contributed by atoms with Crippen LogP contribution in [0.25, 0.3) is 0 Å². The Kier molecular flexibility index (Phi) is 4.62. The predicted octanol–water partition coefficient (Wildman–Crippen LogP) is 3.65. The van der Waals surface area contributed by atoms with Gasteiger partial charge in [0.15, 0.2) is 0 Å². The fraction of sp³-hybridized carbons (Fsp3) is 0.200. The lowest BCUT2D eigenvalue weighted by Gasteiger charge is -2.17. The van der Waals surface area contributed by atoms with Gasteiger partial charge in [-0.3, -0.25) is 0 Å². The van der Waals surface area contributed by atoms with Crippen LogP contribution < -0.4 is 15.2 Å². The minimum atomic E-state index is -0.607. The molecule has 0 saturated carbocycles. The van der Waals surface area contributed by atoms with E-state index in [1.54, 1.807) is 44.6 Å². The van der Waals surface area contributed by atoms with E-state index in [0.29, 0.717) is 27.1 Å². The predicted molar refractivity (Wildman–Crippen MR) is 79.7 cm³/mol. The maximum Gasteiger partial charge on any atom is 0.129 e. The van der Waals surface area contributed by atoms with Gasteiger partial charge in [-0.05, 0) is 24.3 Å². The van der Waals surface area contributed by atoms with Crippen LogP contribution in [0.5, 0.6) is 11.5 Å². The van der Waals surface area contributed by atoms with Crippen molar-refractivity contribution in [1.29, 1.82) is 0 Å².